The minimum absolute atomic E-state index is 0.0489. The summed E-state index contributed by atoms with van der Waals surface area (Å²) in [5.41, 5.74) is 0.239. The second-order valence-electron chi connectivity index (χ2n) is 5.86. The summed E-state index contributed by atoms with van der Waals surface area (Å²) in [6.45, 7) is 1.22. The van der Waals surface area contributed by atoms with Crippen LogP contribution in [0.2, 0.25) is 0 Å². The van der Waals surface area contributed by atoms with E-state index in [-0.39, 0.29) is 11.3 Å². The van der Waals surface area contributed by atoms with E-state index in [0.29, 0.717) is 22.3 Å². The Kier molecular flexibility index (Phi) is 4.94. The fourth-order valence-electron chi connectivity index (χ4n) is 2.78. The maximum absolute atomic E-state index is 12.8. The van der Waals surface area contributed by atoms with Crippen molar-refractivity contribution < 1.29 is 19.1 Å². The Hall–Kier alpha value is -3.61. The van der Waals surface area contributed by atoms with E-state index >= 15 is 0 Å². The number of amides is 1. The van der Waals surface area contributed by atoms with Gasteiger partial charge in [-0.05, 0) is 36.4 Å². The Bertz CT molecular complexity index is 1080. The number of hydrogen-bond acceptors (Lipinski definition) is 5. The van der Waals surface area contributed by atoms with Crippen molar-refractivity contribution in [2.45, 2.75) is 6.92 Å². The molecule has 0 saturated carbocycles. The lowest BCUT2D eigenvalue weighted by molar-refractivity contribution is -0.131. The Balaban J connectivity index is 2.13. The molecule has 1 amide bonds. The SMILES string of the molecule is COc1ccc(NC(=O)c2c(OC(C)=O)c3ccccc3n(C)c2=O)cc1. The van der Waals surface area contributed by atoms with Crippen LogP contribution in [0.5, 0.6) is 11.5 Å². The maximum Gasteiger partial charge on any atom is 0.308 e. The lowest BCUT2D eigenvalue weighted by Crippen LogP contribution is -2.29. The molecule has 7 nitrogen and oxygen atoms in total. The molecule has 0 aliphatic carbocycles. The number of hydrogen-bond donors (Lipinski definition) is 1. The van der Waals surface area contributed by atoms with Gasteiger partial charge in [0.05, 0.1) is 12.6 Å². The van der Waals surface area contributed by atoms with Gasteiger partial charge in [-0.3, -0.25) is 14.4 Å². The largest absolute Gasteiger partial charge is 0.497 e. The molecule has 7 heteroatoms. The number of carbonyl (C=O) groups is 2. The van der Waals surface area contributed by atoms with Crippen LogP contribution in [0.1, 0.15) is 17.3 Å². The number of methoxy groups -OCH3 is 1. The van der Waals surface area contributed by atoms with Crippen LogP contribution in [0.25, 0.3) is 10.9 Å². The first kappa shape index (κ1) is 18.2. The second-order valence-corrected chi connectivity index (χ2v) is 5.86. The van der Waals surface area contributed by atoms with E-state index in [1.165, 1.54) is 18.6 Å². The highest BCUT2D eigenvalue weighted by atomic mass is 16.5. The predicted molar refractivity (Wildman–Crippen MR) is 101 cm³/mol. The lowest BCUT2D eigenvalue weighted by atomic mass is 10.1. The number of ether oxygens (including phenoxy) is 2. The lowest BCUT2D eigenvalue weighted by Gasteiger charge is -2.15. The van der Waals surface area contributed by atoms with Crippen LogP contribution in [0, 0.1) is 0 Å². The normalized spacial score (nSPS) is 10.5. The van der Waals surface area contributed by atoms with E-state index in [9.17, 15) is 14.4 Å². The molecule has 1 aromatic heterocycles. The van der Waals surface area contributed by atoms with Crippen molar-refractivity contribution in [1.82, 2.24) is 4.57 Å². The Labute approximate surface area is 155 Å². The molecule has 3 rings (SSSR count). The molecule has 1 heterocycles. The Morgan fingerprint density at radius 1 is 1.04 bits per heavy atom. The molecule has 0 unspecified atom stereocenters. The zero-order valence-electron chi connectivity index (χ0n) is 15.1. The number of nitrogens with zero attached hydrogens (tertiary/aromatic N) is 1. The summed E-state index contributed by atoms with van der Waals surface area (Å²) in [4.78, 5) is 37.2. The third-order valence-electron chi connectivity index (χ3n) is 4.08. The van der Waals surface area contributed by atoms with Gasteiger partial charge in [-0.2, -0.15) is 0 Å². The molecule has 0 atom stereocenters. The number of anilines is 1. The van der Waals surface area contributed by atoms with Gasteiger partial charge in [0.2, 0.25) is 0 Å². The van der Waals surface area contributed by atoms with E-state index in [0.717, 1.165) is 0 Å². The number of esters is 1. The summed E-state index contributed by atoms with van der Waals surface area (Å²) in [7, 11) is 3.10. The van der Waals surface area contributed by atoms with Gasteiger partial charge in [0.1, 0.15) is 11.3 Å². The molecule has 0 bridgehead atoms. The molecule has 27 heavy (non-hydrogen) atoms. The summed E-state index contributed by atoms with van der Waals surface area (Å²) < 4.78 is 11.7. The first-order valence-corrected chi connectivity index (χ1v) is 8.18. The molecule has 0 aliphatic heterocycles. The number of carbonyl (C=O) groups excluding carboxylic acids is 2. The molecule has 0 fully saturated rings. The number of pyridine rings is 1. The van der Waals surface area contributed by atoms with Gasteiger partial charge in [-0.15, -0.1) is 0 Å². The molecule has 2 aromatic carbocycles. The van der Waals surface area contributed by atoms with Gasteiger partial charge in [0, 0.05) is 25.0 Å². The van der Waals surface area contributed by atoms with E-state index < -0.39 is 17.4 Å². The molecule has 0 aliphatic rings. The highest BCUT2D eigenvalue weighted by Gasteiger charge is 2.24. The van der Waals surface area contributed by atoms with Crippen molar-refractivity contribution in [3.05, 3.63) is 64.4 Å². The average Bonchev–Trinajstić information content (AvgIpc) is 2.66. The fraction of sp³-hybridized carbons (Fsp3) is 0.150. The third kappa shape index (κ3) is 3.52. The van der Waals surface area contributed by atoms with Gasteiger partial charge in [0.15, 0.2) is 5.75 Å². The van der Waals surface area contributed by atoms with Crippen LogP contribution in [0.4, 0.5) is 5.69 Å². The summed E-state index contributed by atoms with van der Waals surface area (Å²) >= 11 is 0. The minimum Gasteiger partial charge on any atom is -0.497 e. The van der Waals surface area contributed by atoms with E-state index in [1.807, 2.05) is 0 Å². The summed E-state index contributed by atoms with van der Waals surface area (Å²) in [5, 5.41) is 3.15. The summed E-state index contributed by atoms with van der Waals surface area (Å²) in [6, 6.07) is 13.6. The molecule has 138 valence electrons. The number of fused-ring (bicyclic) bond motifs is 1. The number of para-hydroxylation sites is 1. The van der Waals surface area contributed by atoms with Crippen molar-refractivity contribution in [2.24, 2.45) is 7.05 Å². The van der Waals surface area contributed by atoms with E-state index in [2.05, 4.69) is 5.32 Å². The van der Waals surface area contributed by atoms with Crippen LogP contribution in [-0.2, 0) is 11.8 Å². The van der Waals surface area contributed by atoms with Crippen LogP contribution >= 0.6 is 0 Å². The maximum atomic E-state index is 12.8. The summed E-state index contributed by atoms with van der Waals surface area (Å²) in [5.74, 6) is -0.697. The summed E-state index contributed by atoms with van der Waals surface area (Å²) in [6.07, 6.45) is 0. The van der Waals surface area contributed by atoms with Crippen molar-refractivity contribution >= 4 is 28.5 Å². The minimum atomic E-state index is -0.664. The third-order valence-corrected chi connectivity index (χ3v) is 4.08. The molecule has 3 aromatic rings. The number of nitrogens with one attached hydrogen (secondary N) is 1. The first-order chi connectivity index (χ1) is 12.9. The molecular formula is C20H18N2O5. The van der Waals surface area contributed by atoms with Crippen LogP contribution in [0.15, 0.2) is 53.3 Å². The first-order valence-electron chi connectivity index (χ1n) is 8.18. The van der Waals surface area contributed by atoms with Crippen molar-refractivity contribution in [3.8, 4) is 11.5 Å². The van der Waals surface area contributed by atoms with Gasteiger partial charge >= 0.3 is 5.97 Å². The highest BCUT2D eigenvalue weighted by molar-refractivity contribution is 6.09. The molecule has 0 spiro atoms. The predicted octanol–water partition coefficient (Wildman–Crippen LogP) is 2.72. The molecular weight excluding hydrogens is 348 g/mol. The van der Waals surface area contributed by atoms with Gasteiger partial charge in [-0.25, -0.2) is 0 Å². The highest BCUT2D eigenvalue weighted by Crippen LogP contribution is 2.28. The van der Waals surface area contributed by atoms with Crippen LogP contribution in [-0.4, -0.2) is 23.6 Å². The zero-order valence-corrected chi connectivity index (χ0v) is 15.1. The van der Waals surface area contributed by atoms with Crippen LogP contribution < -0.4 is 20.3 Å². The van der Waals surface area contributed by atoms with Gasteiger partial charge in [0.25, 0.3) is 11.5 Å². The van der Waals surface area contributed by atoms with Crippen molar-refractivity contribution in [2.75, 3.05) is 12.4 Å². The van der Waals surface area contributed by atoms with Crippen LogP contribution in [0.3, 0.4) is 0 Å². The van der Waals surface area contributed by atoms with Gasteiger partial charge in [-0.1, -0.05) is 12.1 Å². The number of aryl methyl sites for hydroxylation is 1. The van der Waals surface area contributed by atoms with E-state index in [4.69, 9.17) is 9.47 Å². The monoisotopic (exact) mass is 366 g/mol. The number of benzene rings is 2. The van der Waals surface area contributed by atoms with E-state index in [1.54, 1.807) is 55.6 Å². The van der Waals surface area contributed by atoms with Gasteiger partial charge < -0.3 is 19.4 Å². The molecule has 0 radical (unpaired) electrons. The average molecular weight is 366 g/mol. The number of rotatable bonds is 4. The molecule has 0 saturated heterocycles. The zero-order chi connectivity index (χ0) is 19.6. The second kappa shape index (κ2) is 7.33. The topological polar surface area (TPSA) is 86.6 Å². The fourth-order valence-corrected chi connectivity index (χ4v) is 2.78. The quantitative estimate of drug-likeness (QED) is 0.718. The smallest absolute Gasteiger partial charge is 0.308 e. The molecule has 1 N–H and O–H groups in total. The Morgan fingerprint density at radius 3 is 2.33 bits per heavy atom. The Morgan fingerprint density at radius 2 is 1.70 bits per heavy atom. The van der Waals surface area contributed by atoms with Crippen molar-refractivity contribution in [1.29, 1.82) is 0 Å². The van der Waals surface area contributed by atoms with Crippen molar-refractivity contribution in [3.63, 3.8) is 0 Å². The standard InChI is InChI=1S/C20H18N2O5/c1-12(23)27-18-15-6-4-5-7-16(15)22(2)20(25)17(18)19(24)21-13-8-10-14(26-3)11-9-13/h4-11H,1-3H3,(H,21,24). The number of aromatic nitrogens is 1.